The second-order valence-corrected chi connectivity index (χ2v) is 11.4. The number of carbonyl (C=O) groups is 2. The van der Waals surface area contributed by atoms with E-state index in [1.54, 1.807) is 62.4 Å². The minimum atomic E-state index is -4.15. The fourth-order valence-electron chi connectivity index (χ4n) is 3.73. The summed E-state index contributed by atoms with van der Waals surface area (Å²) >= 11 is 12.4. The number of halogens is 2. The molecule has 0 spiro atoms. The van der Waals surface area contributed by atoms with Crippen molar-refractivity contribution in [1.29, 1.82) is 0 Å². The van der Waals surface area contributed by atoms with Gasteiger partial charge in [0.25, 0.3) is 10.0 Å². The SMILES string of the molecule is CNC(=O)C(C)N(Cc1cccc(Cl)c1)C(=O)CN(c1ccc(C)c(Cl)c1)S(=O)(=O)c1ccc(C)cc1. The fourth-order valence-corrected chi connectivity index (χ4v) is 5.52. The smallest absolute Gasteiger partial charge is 0.264 e. The van der Waals surface area contributed by atoms with Gasteiger partial charge in [-0.05, 0) is 68.3 Å². The van der Waals surface area contributed by atoms with Gasteiger partial charge in [-0.2, -0.15) is 0 Å². The molecule has 0 aromatic heterocycles. The Morgan fingerprint density at radius 2 is 1.65 bits per heavy atom. The van der Waals surface area contributed by atoms with E-state index in [1.165, 1.54) is 30.1 Å². The molecule has 37 heavy (non-hydrogen) atoms. The third-order valence-electron chi connectivity index (χ3n) is 5.99. The maximum absolute atomic E-state index is 13.8. The number of likely N-dealkylation sites (N-methyl/N-ethyl adjacent to an activating group) is 1. The van der Waals surface area contributed by atoms with Crippen LogP contribution in [0.15, 0.2) is 71.6 Å². The quantitative estimate of drug-likeness (QED) is 0.399. The van der Waals surface area contributed by atoms with Gasteiger partial charge in [-0.3, -0.25) is 13.9 Å². The van der Waals surface area contributed by atoms with Gasteiger partial charge in [-0.15, -0.1) is 0 Å². The Kier molecular flexibility index (Phi) is 9.23. The van der Waals surface area contributed by atoms with Crippen molar-refractivity contribution in [2.75, 3.05) is 17.9 Å². The van der Waals surface area contributed by atoms with E-state index in [0.717, 1.165) is 15.4 Å². The topological polar surface area (TPSA) is 86.8 Å². The number of benzene rings is 3. The van der Waals surface area contributed by atoms with Crippen LogP contribution in [0.5, 0.6) is 0 Å². The van der Waals surface area contributed by atoms with Gasteiger partial charge in [0.1, 0.15) is 12.6 Å². The number of hydrogen-bond donors (Lipinski definition) is 1. The normalized spacial score (nSPS) is 12.1. The molecule has 1 unspecified atom stereocenters. The molecular weight excluding hydrogens is 533 g/mol. The molecule has 3 aromatic rings. The van der Waals surface area contributed by atoms with Gasteiger partial charge in [0.15, 0.2) is 0 Å². The number of nitrogens with one attached hydrogen (secondary N) is 1. The Hall–Kier alpha value is -3.07. The zero-order chi connectivity index (χ0) is 27.3. The molecule has 0 aliphatic carbocycles. The highest BCUT2D eigenvalue weighted by atomic mass is 35.5. The average Bonchev–Trinajstić information content (AvgIpc) is 2.86. The molecule has 3 aromatic carbocycles. The minimum absolute atomic E-state index is 0.0309. The van der Waals surface area contributed by atoms with Crippen LogP contribution >= 0.6 is 23.2 Å². The lowest BCUT2D eigenvalue weighted by Crippen LogP contribution is -2.50. The third-order valence-corrected chi connectivity index (χ3v) is 8.42. The summed E-state index contributed by atoms with van der Waals surface area (Å²) in [5.74, 6) is -0.954. The summed E-state index contributed by atoms with van der Waals surface area (Å²) < 4.78 is 28.6. The van der Waals surface area contributed by atoms with Gasteiger partial charge in [0, 0.05) is 23.6 Å². The first kappa shape index (κ1) is 28.5. The van der Waals surface area contributed by atoms with Crippen LogP contribution in [0.1, 0.15) is 23.6 Å². The second kappa shape index (κ2) is 12.0. The summed E-state index contributed by atoms with van der Waals surface area (Å²) in [4.78, 5) is 27.6. The van der Waals surface area contributed by atoms with Crippen LogP contribution in [0.2, 0.25) is 10.0 Å². The first-order valence-electron chi connectivity index (χ1n) is 11.5. The van der Waals surface area contributed by atoms with Crippen molar-refractivity contribution < 1.29 is 18.0 Å². The van der Waals surface area contributed by atoms with Crippen LogP contribution < -0.4 is 9.62 Å². The van der Waals surface area contributed by atoms with Gasteiger partial charge >= 0.3 is 0 Å². The largest absolute Gasteiger partial charge is 0.357 e. The van der Waals surface area contributed by atoms with E-state index in [-0.39, 0.29) is 23.0 Å². The number of rotatable bonds is 9. The summed E-state index contributed by atoms with van der Waals surface area (Å²) in [6, 6.07) is 17.2. The lowest BCUT2D eigenvalue weighted by molar-refractivity contribution is -0.139. The van der Waals surface area contributed by atoms with Gasteiger partial charge in [0.2, 0.25) is 11.8 Å². The molecule has 0 bridgehead atoms. The van der Waals surface area contributed by atoms with Crippen LogP contribution in [0.3, 0.4) is 0 Å². The van der Waals surface area contributed by atoms with Crippen LogP contribution in [0.4, 0.5) is 5.69 Å². The molecule has 0 radical (unpaired) electrons. The molecule has 0 fully saturated rings. The molecule has 196 valence electrons. The van der Waals surface area contributed by atoms with E-state index in [2.05, 4.69) is 5.32 Å². The Balaban J connectivity index is 2.06. The van der Waals surface area contributed by atoms with Crippen molar-refractivity contribution in [1.82, 2.24) is 10.2 Å². The molecule has 10 heteroatoms. The molecular formula is C27H29Cl2N3O4S. The number of nitrogens with zero attached hydrogens (tertiary/aromatic N) is 2. The van der Waals surface area contributed by atoms with Crippen molar-refractivity contribution in [2.45, 2.75) is 38.3 Å². The van der Waals surface area contributed by atoms with Crippen molar-refractivity contribution in [3.05, 3.63) is 93.5 Å². The monoisotopic (exact) mass is 561 g/mol. The zero-order valence-corrected chi connectivity index (χ0v) is 23.4. The highest BCUT2D eigenvalue weighted by Gasteiger charge is 2.32. The van der Waals surface area contributed by atoms with E-state index in [1.807, 2.05) is 6.92 Å². The molecule has 0 heterocycles. The van der Waals surface area contributed by atoms with Crippen molar-refractivity contribution in [3.8, 4) is 0 Å². The van der Waals surface area contributed by atoms with E-state index in [9.17, 15) is 18.0 Å². The molecule has 3 rings (SSSR count). The van der Waals surface area contributed by atoms with Gasteiger partial charge < -0.3 is 10.2 Å². The Labute approximate surface area is 228 Å². The molecule has 0 saturated heterocycles. The van der Waals surface area contributed by atoms with Crippen LogP contribution in [0.25, 0.3) is 0 Å². The molecule has 0 aliphatic rings. The minimum Gasteiger partial charge on any atom is -0.357 e. The predicted molar refractivity (Wildman–Crippen MR) is 147 cm³/mol. The summed E-state index contributed by atoms with van der Waals surface area (Å²) in [6.07, 6.45) is 0. The molecule has 7 nitrogen and oxygen atoms in total. The van der Waals surface area contributed by atoms with E-state index in [4.69, 9.17) is 23.2 Å². The molecule has 1 atom stereocenters. The zero-order valence-electron chi connectivity index (χ0n) is 21.0. The number of sulfonamides is 1. The van der Waals surface area contributed by atoms with Crippen molar-refractivity contribution in [2.24, 2.45) is 0 Å². The number of amides is 2. The first-order valence-corrected chi connectivity index (χ1v) is 13.7. The maximum Gasteiger partial charge on any atom is 0.264 e. The third kappa shape index (κ3) is 6.83. The second-order valence-electron chi connectivity index (χ2n) is 8.70. The number of aryl methyl sites for hydroxylation is 2. The highest BCUT2D eigenvalue weighted by molar-refractivity contribution is 7.92. The van der Waals surface area contributed by atoms with Crippen LogP contribution in [0, 0.1) is 13.8 Å². The molecule has 0 saturated carbocycles. The standard InChI is InChI=1S/C27H29Cl2N3O4S/c1-18-8-12-24(13-9-18)37(35,36)32(23-11-10-19(2)25(29)15-23)17-26(33)31(20(3)27(34)30-4)16-21-6-5-7-22(28)14-21/h5-15,20H,16-17H2,1-4H3,(H,30,34). The van der Waals surface area contributed by atoms with Gasteiger partial charge in [-0.25, -0.2) is 8.42 Å². The van der Waals surface area contributed by atoms with E-state index in [0.29, 0.717) is 15.6 Å². The summed E-state index contributed by atoms with van der Waals surface area (Å²) in [6.45, 7) is 4.75. The Morgan fingerprint density at radius 3 is 2.24 bits per heavy atom. The van der Waals surface area contributed by atoms with E-state index < -0.39 is 28.5 Å². The summed E-state index contributed by atoms with van der Waals surface area (Å²) in [7, 11) is -2.68. The number of hydrogen-bond acceptors (Lipinski definition) is 4. The Bertz CT molecular complexity index is 1400. The van der Waals surface area contributed by atoms with Gasteiger partial charge in [0.05, 0.1) is 10.6 Å². The maximum atomic E-state index is 13.8. The Morgan fingerprint density at radius 1 is 0.973 bits per heavy atom. The molecule has 1 N–H and O–H groups in total. The lowest BCUT2D eigenvalue weighted by Gasteiger charge is -2.32. The first-order chi connectivity index (χ1) is 17.4. The molecule has 0 aliphatic heterocycles. The fraction of sp³-hybridized carbons (Fsp3) is 0.259. The number of carbonyl (C=O) groups excluding carboxylic acids is 2. The van der Waals surface area contributed by atoms with E-state index >= 15 is 0 Å². The van der Waals surface area contributed by atoms with Gasteiger partial charge in [-0.1, -0.05) is 59.1 Å². The predicted octanol–water partition coefficient (Wildman–Crippen LogP) is 4.97. The number of anilines is 1. The van der Waals surface area contributed by atoms with Crippen LogP contribution in [-0.2, 0) is 26.2 Å². The van der Waals surface area contributed by atoms with Crippen molar-refractivity contribution in [3.63, 3.8) is 0 Å². The lowest BCUT2D eigenvalue weighted by atomic mass is 10.1. The molecule has 2 amide bonds. The summed E-state index contributed by atoms with van der Waals surface area (Å²) in [5.41, 5.74) is 2.59. The average molecular weight is 563 g/mol. The van der Waals surface area contributed by atoms with Crippen LogP contribution in [-0.4, -0.2) is 44.8 Å². The summed E-state index contributed by atoms with van der Waals surface area (Å²) in [5, 5.41) is 3.40. The van der Waals surface area contributed by atoms with Crippen molar-refractivity contribution >= 4 is 50.7 Å². The highest BCUT2D eigenvalue weighted by Crippen LogP contribution is 2.29.